The van der Waals surface area contributed by atoms with Crippen molar-refractivity contribution in [2.45, 2.75) is 44.0 Å². The highest BCUT2D eigenvalue weighted by atomic mass is 32.2. The van der Waals surface area contributed by atoms with Crippen molar-refractivity contribution >= 4 is 49.2 Å². The Balaban J connectivity index is 1.34. The van der Waals surface area contributed by atoms with E-state index in [1.54, 1.807) is 18.2 Å². The molecule has 1 fully saturated rings. The molecule has 1 aliphatic heterocycles. The summed E-state index contributed by atoms with van der Waals surface area (Å²) >= 11 is 0. The van der Waals surface area contributed by atoms with E-state index in [0.29, 0.717) is 11.4 Å². The number of anilines is 2. The molecular formula is C27H30N4O3S. The van der Waals surface area contributed by atoms with Gasteiger partial charge in [0.05, 0.1) is 4.90 Å². The number of urea groups is 1. The minimum Gasteiger partial charge on any atom is -0.341 e. The van der Waals surface area contributed by atoms with Crippen LogP contribution >= 0.6 is 0 Å². The van der Waals surface area contributed by atoms with Gasteiger partial charge in [0.15, 0.2) is 0 Å². The molecule has 2 amide bonds. The Bertz CT molecular complexity index is 1470. The monoisotopic (exact) mass is 490 g/mol. The molecule has 2 heterocycles. The standard InChI is InChI=1S/C27H30N4O3S/c1-2-31-25-10-6-5-9-23(25)24-19-21(13-16-26(24)31)29-35(33,34)22-14-11-20(12-15-22)28-27(32)30-17-7-3-4-8-18-30/h5-6,9-16,19,29H,2-4,7-8,17-18H2,1H3,(H,28,32). The number of carbonyl (C=O) groups excluding carboxylic acids is 1. The van der Waals surface area contributed by atoms with Crippen LogP contribution in [-0.4, -0.2) is 37.0 Å². The highest BCUT2D eigenvalue weighted by Crippen LogP contribution is 2.31. The minimum absolute atomic E-state index is 0.139. The maximum absolute atomic E-state index is 13.1. The summed E-state index contributed by atoms with van der Waals surface area (Å²) in [5, 5.41) is 4.98. The van der Waals surface area contributed by atoms with Gasteiger partial charge in [0.1, 0.15) is 0 Å². The van der Waals surface area contributed by atoms with E-state index < -0.39 is 10.0 Å². The first-order valence-electron chi connectivity index (χ1n) is 12.2. The van der Waals surface area contributed by atoms with Crippen molar-refractivity contribution < 1.29 is 13.2 Å². The second-order valence-electron chi connectivity index (χ2n) is 8.95. The lowest BCUT2D eigenvalue weighted by atomic mass is 10.1. The summed E-state index contributed by atoms with van der Waals surface area (Å²) in [6, 6.07) is 19.9. The largest absolute Gasteiger partial charge is 0.341 e. The number of benzene rings is 3. The van der Waals surface area contributed by atoms with Crippen molar-refractivity contribution in [3.63, 3.8) is 0 Å². The second-order valence-corrected chi connectivity index (χ2v) is 10.6. The molecule has 0 radical (unpaired) electrons. The lowest BCUT2D eigenvalue weighted by Crippen LogP contribution is -2.35. The fourth-order valence-electron chi connectivity index (χ4n) is 4.87. The number of amides is 2. The molecular weight excluding hydrogens is 460 g/mol. The lowest BCUT2D eigenvalue weighted by Gasteiger charge is -2.20. The third kappa shape index (κ3) is 4.71. The molecule has 182 valence electrons. The molecule has 7 nitrogen and oxygen atoms in total. The number of hydrogen-bond acceptors (Lipinski definition) is 3. The van der Waals surface area contributed by atoms with Gasteiger partial charge >= 0.3 is 6.03 Å². The molecule has 2 N–H and O–H groups in total. The molecule has 0 atom stereocenters. The molecule has 0 unspecified atom stereocenters. The first kappa shape index (κ1) is 23.2. The summed E-state index contributed by atoms with van der Waals surface area (Å²) in [6.45, 7) is 4.44. The Labute approximate surface area is 205 Å². The van der Waals surface area contributed by atoms with Gasteiger partial charge in [-0.25, -0.2) is 13.2 Å². The average molecular weight is 491 g/mol. The van der Waals surface area contributed by atoms with Gasteiger partial charge in [-0.3, -0.25) is 4.72 Å². The van der Waals surface area contributed by atoms with Crippen LogP contribution in [0.5, 0.6) is 0 Å². The second kappa shape index (κ2) is 9.62. The highest BCUT2D eigenvalue weighted by molar-refractivity contribution is 7.92. The first-order chi connectivity index (χ1) is 17.0. The van der Waals surface area contributed by atoms with Gasteiger partial charge in [-0.2, -0.15) is 0 Å². The van der Waals surface area contributed by atoms with Gasteiger partial charge in [0.2, 0.25) is 0 Å². The molecule has 1 saturated heterocycles. The Morgan fingerprint density at radius 2 is 1.49 bits per heavy atom. The smallest absolute Gasteiger partial charge is 0.321 e. The van der Waals surface area contributed by atoms with Crippen molar-refractivity contribution in [2.75, 3.05) is 23.1 Å². The van der Waals surface area contributed by atoms with Gasteiger partial charge in [0.25, 0.3) is 10.0 Å². The third-order valence-corrected chi connectivity index (χ3v) is 8.05. The van der Waals surface area contributed by atoms with Crippen LogP contribution in [0.2, 0.25) is 0 Å². The van der Waals surface area contributed by atoms with E-state index in [0.717, 1.165) is 67.1 Å². The SMILES string of the molecule is CCn1c2ccccc2c2cc(NS(=O)(=O)c3ccc(NC(=O)N4CCCCCC4)cc3)ccc21. The molecule has 35 heavy (non-hydrogen) atoms. The normalized spacial score (nSPS) is 14.7. The molecule has 0 saturated carbocycles. The molecule has 3 aromatic carbocycles. The van der Waals surface area contributed by atoms with Gasteiger partial charge < -0.3 is 14.8 Å². The van der Waals surface area contributed by atoms with Crippen molar-refractivity contribution in [1.29, 1.82) is 0 Å². The fourth-order valence-corrected chi connectivity index (χ4v) is 5.92. The van der Waals surface area contributed by atoms with E-state index in [4.69, 9.17) is 0 Å². The van der Waals surface area contributed by atoms with E-state index in [2.05, 4.69) is 33.7 Å². The number of nitrogens with one attached hydrogen (secondary N) is 2. The summed E-state index contributed by atoms with van der Waals surface area (Å²) in [7, 11) is -3.78. The maximum atomic E-state index is 13.1. The van der Waals surface area contributed by atoms with Gasteiger partial charge in [0, 0.05) is 52.8 Å². The van der Waals surface area contributed by atoms with E-state index in [-0.39, 0.29) is 10.9 Å². The number of aromatic nitrogens is 1. The van der Waals surface area contributed by atoms with E-state index in [9.17, 15) is 13.2 Å². The molecule has 0 spiro atoms. The topological polar surface area (TPSA) is 83.4 Å². The maximum Gasteiger partial charge on any atom is 0.321 e. The van der Waals surface area contributed by atoms with Crippen LogP contribution in [0.4, 0.5) is 16.2 Å². The Morgan fingerprint density at radius 1 is 0.829 bits per heavy atom. The quantitative estimate of drug-likeness (QED) is 0.359. The molecule has 1 aromatic heterocycles. The number of fused-ring (bicyclic) bond motifs is 3. The fraction of sp³-hybridized carbons (Fsp3) is 0.296. The molecule has 0 bridgehead atoms. The molecule has 1 aliphatic rings. The lowest BCUT2D eigenvalue weighted by molar-refractivity contribution is 0.214. The Kier molecular flexibility index (Phi) is 6.38. The summed E-state index contributed by atoms with van der Waals surface area (Å²) in [5.74, 6) is 0. The number of carbonyl (C=O) groups is 1. The van der Waals surface area contributed by atoms with Crippen LogP contribution in [-0.2, 0) is 16.6 Å². The van der Waals surface area contributed by atoms with E-state index in [1.165, 1.54) is 12.1 Å². The van der Waals surface area contributed by atoms with Gasteiger partial charge in [-0.05, 0) is 68.3 Å². The Morgan fingerprint density at radius 3 is 2.20 bits per heavy atom. The summed E-state index contributed by atoms with van der Waals surface area (Å²) in [6.07, 6.45) is 4.33. The summed E-state index contributed by atoms with van der Waals surface area (Å²) < 4.78 is 31.1. The Hall–Kier alpha value is -3.52. The number of likely N-dealkylation sites (tertiary alicyclic amines) is 1. The van der Waals surface area contributed by atoms with Crippen LogP contribution in [0.15, 0.2) is 71.6 Å². The molecule has 8 heteroatoms. The number of aryl methyl sites for hydroxylation is 1. The number of para-hydroxylation sites is 1. The number of sulfonamides is 1. The van der Waals surface area contributed by atoms with Crippen LogP contribution in [0.3, 0.4) is 0 Å². The molecule has 5 rings (SSSR count). The van der Waals surface area contributed by atoms with Crippen molar-refractivity contribution in [3.05, 3.63) is 66.7 Å². The zero-order valence-corrected chi connectivity index (χ0v) is 20.6. The molecule has 0 aliphatic carbocycles. The van der Waals surface area contributed by atoms with Gasteiger partial charge in [-0.1, -0.05) is 31.0 Å². The average Bonchev–Trinajstić information content (AvgIpc) is 2.99. The van der Waals surface area contributed by atoms with Crippen molar-refractivity contribution in [3.8, 4) is 0 Å². The predicted octanol–water partition coefficient (Wildman–Crippen LogP) is 6.02. The molecule has 4 aromatic rings. The van der Waals surface area contributed by atoms with Crippen molar-refractivity contribution in [1.82, 2.24) is 9.47 Å². The third-order valence-electron chi connectivity index (χ3n) is 6.65. The predicted molar refractivity (Wildman–Crippen MR) is 141 cm³/mol. The van der Waals surface area contributed by atoms with Gasteiger partial charge in [-0.15, -0.1) is 0 Å². The van der Waals surface area contributed by atoms with E-state index >= 15 is 0 Å². The van der Waals surface area contributed by atoms with Crippen LogP contribution in [0, 0.1) is 0 Å². The number of rotatable bonds is 5. The summed E-state index contributed by atoms with van der Waals surface area (Å²) in [5.41, 5.74) is 3.28. The first-order valence-corrected chi connectivity index (χ1v) is 13.6. The number of hydrogen-bond donors (Lipinski definition) is 2. The zero-order valence-electron chi connectivity index (χ0n) is 19.8. The summed E-state index contributed by atoms with van der Waals surface area (Å²) in [4.78, 5) is 14.5. The van der Waals surface area contributed by atoms with E-state index in [1.807, 2.05) is 29.2 Å². The minimum atomic E-state index is -3.78. The number of nitrogens with zero attached hydrogens (tertiary/aromatic N) is 2. The van der Waals surface area contributed by atoms with Crippen LogP contribution < -0.4 is 10.0 Å². The van der Waals surface area contributed by atoms with Crippen LogP contribution in [0.1, 0.15) is 32.6 Å². The van der Waals surface area contributed by atoms with Crippen LogP contribution in [0.25, 0.3) is 21.8 Å². The highest BCUT2D eigenvalue weighted by Gasteiger charge is 2.18. The zero-order chi connectivity index (χ0) is 24.4. The van der Waals surface area contributed by atoms with Crippen molar-refractivity contribution in [2.24, 2.45) is 0 Å².